The van der Waals surface area contributed by atoms with Crippen LogP contribution in [-0.4, -0.2) is 7.11 Å². The van der Waals surface area contributed by atoms with Crippen molar-refractivity contribution in [3.05, 3.63) is 65.0 Å². The van der Waals surface area contributed by atoms with Crippen LogP contribution in [0.2, 0.25) is 0 Å². The molecule has 2 aromatic carbocycles. The van der Waals surface area contributed by atoms with Crippen molar-refractivity contribution in [2.75, 3.05) is 7.11 Å². The summed E-state index contributed by atoms with van der Waals surface area (Å²) in [5, 5.41) is 0. The van der Waals surface area contributed by atoms with Crippen LogP contribution in [0.15, 0.2) is 42.5 Å². The van der Waals surface area contributed by atoms with Gasteiger partial charge in [0.25, 0.3) is 0 Å². The summed E-state index contributed by atoms with van der Waals surface area (Å²) >= 11 is 0. The van der Waals surface area contributed by atoms with Crippen molar-refractivity contribution in [1.29, 1.82) is 0 Å². The predicted octanol–water partition coefficient (Wildman–Crippen LogP) is 3.07. The average Bonchev–Trinajstić information content (AvgIpc) is 2.49. The Balaban J connectivity index is 1.77. The summed E-state index contributed by atoms with van der Waals surface area (Å²) < 4.78 is 18.5. The van der Waals surface area contributed by atoms with Gasteiger partial charge >= 0.3 is 0 Å². The number of hydrogen-bond donors (Lipinski definition) is 2. The molecule has 0 spiro atoms. The zero-order chi connectivity index (χ0) is 14.8. The molecule has 3 N–H and O–H groups in total. The minimum Gasteiger partial charge on any atom is -0.494 e. The van der Waals surface area contributed by atoms with E-state index in [9.17, 15) is 4.39 Å². The maximum Gasteiger partial charge on any atom is 0.165 e. The van der Waals surface area contributed by atoms with Gasteiger partial charge in [0.1, 0.15) is 0 Å². The highest BCUT2D eigenvalue weighted by molar-refractivity contribution is 5.40. The van der Waals surface area contributed by atoms with Crippen LogP contribution in [0.5, 0.6) is 5.75 Å². The third-order valence-corrected chi connectivity index (χ3v) is 4.26. The first-order valence-electron chi connectivity index (χ1n) is 7.10. The first kappa shape index (κ1) is 14.0. The van der Waals surface area contributed by atoms with Crippen molar-refractivity contribution < 1.29 is 9.13 Å². The Morgan fingerprint density at radius 2 is 2.14 bits per heavy atom. The number of rotatable bonds is 5. The highest BCUT2D eigenvalue weighted by atomic mass is 19.1. The van der Waals surface area contributed by atoms with Crippen LogP contribution in [-0.2, 0) is 6.42 Å². The zero-order valence-corrected chi connectivity index (χ0v) is 12.0. The molecule has 0 radical (unpaired) electrons. The van der Waals surface area contributed by atoms with E-state index in [1.807, 2.05) is 0 Å². The second-order valence-electron chi connectivity index (χ2n) is 5.45. The molecule has 2 unspecified atom stereocenters. The molecule has 3 nitrogen and oxygen atoms in total. The van der Waals surface area contributed by atoms with Crippen LogP contribution in [0.4, 0.5) is 4.39 Å². The number of nitrogens with two attached hydrogens (primary N) is 1. The SMILES string of the molecule is COc1cc(C(CC2Cc3ccccc32)NN)ccc1F. The van der Waals surface area contributed by atoms with Gasteiger partial charge in [0.2, 0.25) is 0 Å². The van der Waals surface area contributed by atoms with Crippen molar-refractivity contribution in [1.82, 2.24) is 5.43 Å². The summed E-state index contributed by atoms with van der Waals surface area (Å²) in [6.45, 7) is 0. The normalized spacial score (nSPS) is 17.8. The zero-order valence-electron chi connectivity index (χ0n) is 12.0. The van der Waals surface area contributed by atoms with Crippen LogP contribution >= 0.6 is 0 Å². The van der Waals surface area contributed by atoms with E-state index < -0.39 is 0 Å². The van der Waals surface area contributed by atoms with Gasteiger partial charge in [-0.2, -0.15) is 0 Å². The van der Waals surface area contributed by atoms with Crippen molar-refractivity contribution in [2.45, 2.75) is 24.8 Å². The molecular formula is C17H19FN2O. The van der Waals surface area contributed by atoms with E-state index in [1.165, 1.54) is 24.3 Å². The molecule has 0 heterocycles. The second-order valence-corrected chi connectivity index (χ2v) is 5.45. The van der Waals surface area contributed by atoms with E-state index in [0.29, 0.717) is 5.92 Å². The van der Waals surface area contributed by atoms with Crippen LogP contribution in [0.3, 0.4) is 0 Å². The number of nitrogens with one attached hydrogen (secondary N) is 1. The summed E-state index contributed by atoms with van der Waals surface area (Å²) in [5.74, 6) is 6.09. The van der Waals surface area contributed by atoms with Gasteiger partial charge in [-0.05, 0) is 47.6 Å². The third kappa shape index (κ3) is 2.64. The maximum absolute atomic E-state index is 13.5. The minimum absolute atomic E-state index is 0.0159. The molecule has 110 valence electrons. The van der Waals surface area contributed by atoms with Crippen LogP contribution in [0, 0.1) is 5.82 Å². The lowest BCUT2D eigenvalue weighted by molar-refractivity contribution is 0.382. The Kier molecular flexibility index (Phi) is 3.90. The molecule has 0 amide bonds. The van der Waals surface area contributed by atoms with Crippen LogP contribution in [0.1, 0.15) is 35.1 Å². The smallest absolute Gasteiger partial charge is 0.165 e. The molecule has 0 bridgehead atoms. The molecule has 3 rings (SSSR count). The van der Waals surface area contributed by atoms with Gasteiger partial charge in [-0.25, -0.2) is 4.39 Å². The van der Waals surface area contributed by atoms with Crippen LogP contribution < -0.4 is 16.0 Å². The number of hydrogen-bond acceptors (Lipinski definition) is 3. The highest BCUT2D eigenvalue weighted by Gasteiger charge is 2.28. The van der Waals surface area contributed by atoms with Gasteiger partial charge in [0.15, 0.2) is 11.6 Å². The van der Waals surface area contributed by atoms with Crippen molar-refractivity contribution in [2.24, 2.45) is 5.84 Å². The number of methoxy groups -OCH3 is 1. The summed E-state index contributed by atoms with van der Waals surface area (Å²) in [5.41, 5.74) is 6.59. The molecule has 21 heavy (non-hydrogen) atoms. The largest absolute Gasteiger partial charge is 0.494 e. The number of benzene rings is 2. The van der Waals surface area contributed by atoms with E-state index in [4.69, 9.17) is 10.6 Å². The second kappa shape index (κ2) is 5.84. The average molecular weight is 286 g/mol. The maximum atomic E-state index is 13.5. The van der Waals surface area contributed by atoms with E-state index in [0.717, 1.165) is 18.4 Å². The standard InChI is InChI=1S/C17H19FN2O/c1-21-17-10-12(6-7-15(17)18)16(20-19)9-13-8-11-4-2-3-5-14(11)13/h2-7,10,13,16,20H,8-9,19H2,1H3. The van der Waals surface area contributed by atoms with Gasteiger partial charge in [-0.3, -0.25) is 11.3 Å². The Morgan fingerprint density at radius 1 is 1.33 bits per heavy atom. The first-order chi connectivity index (χ1) is 10.2. The molecule has 2 atom stereocenters. The summed E-state index contributed by atoms with van der Waals surface area (Å²) in [6.07, 6.45) is 1.97. The van der Waals surface area contributed by atoms with E-state index in [2.05, 4.69) is 29.7 Å². The Morgan fingerprint density at radius 3 is 2.86 bits per heavy atom. The molecule has 4 heteroatoms. The fraction of sp³-hybridized carbons (Fsp3) is 0.294. The Bertz CT molecular complexity index is 644. The summed E-state index contributed by atoms with van der Waals surface area (Å²) in [7, 11) is 1.47. The van der Waals surface area contributed by atoms with E-state index in [1.54, 1.807) is 12.1 Å². The number of ether oxygens (including phenoxy) is 1. The van der Waals surface area contributed by atoms with Crippen molar-refractivity contribution >= 4 is 0 Å². The Labute approximate surface area is 123 Å². The summed E-state index contributed by atoms with van der Waals surface area (Å²) in [6, 6.07) is 13.3. The molecule has 1 aliphatic rings. The molecule has 0 aliphatic heterocycles. The number of fused-ring (bicyclic) bond motifs is 1. The molecule has 0 saturated heterocycles. The van der Waals surface area contributed by atoms with Gasteiger partial charge in [0.05, 0.1) is 7.11 Å². The number of hydrazine groups is 1. The molecular weight excluding hydrogens is 267 g/mol. The number of halogens is 1. The predicted molar refractivity (Wildman–Crippen MR) is 80.5 cm³/mol. The van der Waals surface area contributed by atoms with E-state index in [-0.39, 0.29) is 17.6 Å². The summed E-state index contributed by atoms with van der Waals surface area (Å²) in [4.78, 5) is 0. The third-order valence-electron chi connectivity index (χ3n) is 4.26. The molecule has 1 aliphatic carbocycles. The molecule has 0 fully saturated rings. The first-order valence-corrected chi connectivity index (χ1v) is 7.10. The van der Waals surface area contributed by atoms with Crippen LogP contribution in [0.25, 0.3) is 0 Å². The highest BCUT2D eigenvalue weighted by Crippen LogP contribution is 2.40. The van der Waals surface area contributed by atoms with Gasteiger partial charge < -0.3 is 4.74 Å². The van der Waals surface area contributed by atoms with Gasteiger partial charge in [-0.1, -0.05) is 30.3 Å². The van der Waals surface area contributed by atoms with E-state index >= 15 is 0 Å². The topological polar surface area (TPSA) is 47.3 Å². The fourth-order valence-corrected chi connectivity index (χ4v) is 3.05. The Hall–Kier alpha value is -1.91. The fourth-order valence-electron chi connectivity index (χ4n) is 3.05. The van der Waals surface area contributed by atoms with Gasteiger partial charge in [-0.15, -0.1) is 0 Å². The van der Waals surface area contributed by atoms with Crippen molar-refractivity contribution in [3.8, 4) is 5.75 Å². The van der Waals surface area contributed by atoms with Crippen molar-refractivity contribution in [3.63, 3.8) is 0 Å². The van der Waals surface area contributed by atoms with Gasteiger partial charge in [0, 0.05) is 6.04 Å². The quantitative estimate of drug-likeness (QED) is 0.656. The lowest BCUT2D eigenvalue weighted by Gasteiger charge is -2.33. The lowest BCUT2D eigenvalue weighted by atomic mass is 9.74. The molecule has 2 aromatic rings. The lowest BCUT2D eigenvalue weighted by Crippen LogP contribution is -2.31. The minimum atomic E-state index is -0.356. The monoisotopic (exact) mass is 286 g/mol. The molecule has 0 saturated carbocycles. The molecule has 0 aromatic heterocycles.